The Labute approximate surface area is 132 Å². The number of hydrogen-bond acceptors (Lipinski definition) is 3. The summed E-state index contributed by atoms with van der Waals surface area (Å²) in [5.74, 6) is 0.943. The highest BCUT2D eigenvalue weighted by molar-refractivity contribution is 6.32. The van der Waals surface area contributed by atoms with Crippen LogP contribution in [0.2, 0.25) is 5.02 Å². The summed E-state index contributed by atoms with van der Waals surface area (Å²) in [6.45, 7) is 7.95. The van der Waals surface area contributed by atoms with Gasteiger partial charge in [0.1, 0.15) is 0 Å². The Morgan fingerprint density at radius 2 is 1.81 bits per heavy atom. The molecule has 0 radical (unpaired) electrons. The third kappa shape index (κ3) is 4.53. The van der Waals surface area contributed by atoms with Crippen LogP contribution in [0.15, 0.2) is 12.1 Å². The van der Waals surface area contributed by atoms with E-state index in [0.717, 1.165) is 25.9 Å². The lowest BCUT2D eigenvalue weighted by molar-refractivity contribution is 0.0755. The molecule has 5 heteroatoms. The molecule has 0 aliphatic rings. The highest BCUT2D eigenvalue weighted by atomic mass is 35.5. The Kier molecular flexibility index (Phi) is 7.37. The summed E-state index contributed by atoms with van der Waals surface area (Å²) in [4.78, 5) is 14.4. The van der Waals surface area contributed by atoms with Crippen molar-refractivity contribution in [2.24, 2.45) is 0 Å². The monoisotopic (exact) mass is 313 g/mol. The average molecular weight is 314 g/mol. The van der Waals surface area contributed by atoms with Crippen LogP contribution in [0, 0.1) is 0 Å². The van der Waals surface area contributed by atoms with Crippen LogP contribution in [-0.2, 0) is 0 Å². The fourth-order valence-electron chi connectivity index (χ4n) is 2.17. The zero-order valence-corrected chi connectivity index (χ0v) is 14.0. The molecule has 0 aliphatic heterocycles. The van der Waals surface area contributed by atoms with Gasteiger partial charge in [0.15, 0.2) is 11.5 Å². The maximum Gasteiger partial charge on any atom is 0.254 e. The van der Waals surface area contributed by atoms with Crippen LogP contribution in [0.3, 0.4) is 0 Å². The minimum atomic E-state index is -0.0260. The molecule has 0 saturated carbocycles. The number of methoxy groups -OCH3 is 1. The molecule has 0 aliphatic carbocycles. The van der Waals surface area contributed by atoms with Crippen molar-refractivity contribution in [2.75, 3.05) is 26.8 Å². The lowest BCUT2D eigenvalue weighted by atomic mass is 10.1. The molecule has 1 rings (SSSR count). The van der Waals surface area contributed by atoms with E-state index in [0.29, 0.717) is 28.7 Å². The molecular formula is C16H24ClNO3. The Balaban J connectivity index is 3.12. The molecule has 0 N–H and O–H groups in total. The molecule has 21 heavy (non-hydrogen) atoms. The topological polar surface area (TPSA) is 38.8 Å². The second kappa shape index (κ2) is 8.78. The molecule has 1 aromatic rings. The Morgan fingerprint density at radius 3 is 2.29 bits per heavy atom. The van der Waals surface area contributed by atoms with Gasteiger partial charge in [0.05, 0.1) is 18.7 Å². The molecule has 1 amide bonds. The molecule has 0 unspecified atom stereocenters. The normalized spacial score (nSPS) is 10.3. The van der Waals surface area contributed by atoms with Crippen LogP contribution in [0.25, 0.3) is 0 Å². The van der Waals surface area contributed by atoms with Crippen molar-refractivity contribution in [1.82, 2.24) is 4.90 Å². The first-order valence-corrected chi connectivity index (χ1v) is 7.76. The van der Waals surface area contributed by atoms with Gasteiger partial charge in [-0.1, -0.05) is 25.4 Å². The first-order chi connectivity index (χ1) is 10.1. The molecule has 0 spiro atoms. The summed E-state index contributed by atoms with van der Waals surface area (Å²) in [6, 6.07) is 3.34. The number of carbonyl (C=O) groups excluding carboxylic acids is 1. The van der Waals surface area contributed by atoms with E-state index < -0.39 is 0 Å². The van der Waals surface area contributed by atoms with Crippen molar-refractivity contribution in [3.8, 4) is 11.5 Å². The largest absolute Gasteiger partial charge is 0.493 e. The van der Waals surface area contributed by atoms with Crippen molar-refractivity contribution in [2.45, 2.75) is 33.6 Å². The van der Waals surface area contributed by atoms with Crippen molar-refractivity contribution < 1.29 is 14.3 Å². The van der Waals surface area contributed by atoms with Gasteiger partial charge >= 0.3 is 0 Å². The molecule has 0 atom stereocenters. The zero-order chi connectivity index (χ0) is 15.8. The summed E-state index contributed by atoms with van der Waals surface area (Å²) in [5, 5.41) is 0.396. The molecular weight excluding hydrogens is 290 g/mol. The van der Waals surface area contributed by atoms with Crippen LogP contribution in [0.1, 0.15) is 44.0 Å². The minimum absolute atomic E-state index is 0.0260. The van der Waals surface area contributed by atoms with Crippen molar-refractivity contribution in [3.63, 3.8) is 0 Å². The van der Waals surface area contributed by atoms with Gasteiger partial charge in [0.2, 0.25) is 0 Å². The van der Waals surface area contributed by atoms with Crippen LogP contribution in [0.4, 0.5) is 0 Å². The van der Waals surface area contributed by atoms with Gasteiger partial charge in [-0.3, -0.25) is 4.79 Å². The minimum Gasteiger partial charge on any atom is -0.493 e. The molecule has 0 bridgehead atoms. The smallest absolute Gasteiger partial charge is 0.254 e. The fraction of sp³-hybridized carbons (Fsp3) is 0.562. The van der Waals surface area contributed by atoms with E-state index >= 15 is 0 Å². The van der Waals surface area contributed by atoms with Crippen LogP contribution >= 0.6 is 11.6 Å². The highest BCUT2D eigenvalue weighted by Gasteiger charge is 2.19. The number of amides is 1. The third-order valence-corrected chi connectivity index (χ3v) is 3.32. The van der Waals surface area contributed by atoms with Gasteiger partial charge in [-0.25, -0.2) is 0 Å². The van der Waals surface area contributed by atoms with E-state index in [1.54, 1.807) is 12.1 Å². The number of rotatable bonds is 8. The predicted molar refractivity (Wildman–Crippen MR) is 85.7 cm³/mol. The molecule has 118 valence electrons. The third-order valence-electron chi connectivity index (χ3n) is 3.04. The average Bonchev–Trinajstić information content (AvgIpc) is 2.48. The molecule has 0 aromatic heterocycles. The molecule has 0 saturated heterocycles. The lowest BCUT2D eigenvalue weighted by Crippen LogP contribution is -2.32. The van der Waals surface area contributed by atoms with Crippen molar-refractivity contribution in [1.29, 1.82) is 0 Å². The number of nitrogens with zero attached hydrogens (tertiary/aromatic N) is 1. The molecule has 1 aromatic carbocycles. The quantitative estimate of drug-likeness (QED) is 0.728. The maximum atomic E-state index is 12.6. The zero-order valence-electron chi connectivity index (χ0n) is 13.2. The number of ether oxygens (including phenoxy) is 2. The van der Waals surface area contributed by atoms with Gasteiger partial charge in [-0.05, 0) is 31.9 Å². The Morgan fingerprint density at radius 1 is 1.19 bits per heavy atom. The van der Waals surface area contributed by atoms with Gasteiger partial charge in [-0.2, -0.15) is 0 Å². The van der Waals surface area contributed by atoms with Gasteiger partial charge in [0, 0.05) is 18.7 Å². The molecule has 0 fully saturated rings. The number of carbonyl (C=O) groups is 1. The van der Waals surface area contributed by atoms with Gasteiger partial charge < -0.3 is 14.4 Å². The first kappa shape index (κ1) is 17.6. The summed E-state index contributed by atoms with van der Waals surface area (Å²) in [7, 11) is 1.54. The summed E-state index contributed by atoms with van der Waals surface area (Å²) < 4.78 is 10.8. The Hall–Kier alpha value is -1.42. The van der Waals surface area contributed by atoms with E-state index in [-0.39, 0.29) is 5.91 Å². The summed E-state index contributed by atoms with van der Waals surface area (Å²) in [5.41, 5.74) is 0.530. The summed E-state index contributed by atoms with van der Waals surface area (Å²) >= 11 is 6.22. The van der Waals surface area contributed by atoms with Crippen molar-refractivity contribution >= 4 is 17.5 Å². The van der Waals surface area contributed by atoms with Crippen molar-refractivity contribution in [3.05, 3.63) is 22.7 Å². The molecule has 4 nitrogen and oxygen atoms in total. The van der Waals surface area contributed by atoms with E-state index in [2.05, 4.69) is 13.8 Å². The van der Waals surface area contributed by atoms with Crippen LogP contribution in [0.5, 0.6) is 11.5 Å². The Bertz CT molecular complexity index is 471. The van der Waals surface area contributed by atoms with Crippen LogP contribution < -0.4 is 9.47 Å². The highest BCUT2D eigenvalue weighted by Crippen LogP contribution is 2.36. The van der Waals surface area contributed by atoms with E-state index in [1.165, 1.54) is 7.11 Å². The molecule has 0 heterocycles. The number of benzene rings is 1. The number of hydrogen-bond donors (Lipinski definition) is 0. The van der Waals surface area contributed by atoms with Crippen LogP contribution in [-0.4, -0.2) is 37.6 Å². The maximum absolute atomic E-state index is 12.6. The van der Waals surface area contributed by atoms with Gasteiger partial charge in [-0.15, -0.1) is 0 Å². The van der Waals surface area contributed by atoms with Gasteiger partial charge in [0.25, 0.3) is 5.91 Å². The SMILES string of the molecule is CCCN(CCC)C(=O)c1cc(Cl)c(OCC)c(OC)c1. The lowest BCUT2D eigenvalue weighted by Gasteiger charge is -2.22. The second-order valence-electron chi connectivity index (χ2n) is 4.71. The number of halogens is 1. The fourth-order valence-corrected chi connectivity index (χ4v) is 2.43. The predicted octanol–water partition coefficient (Wildman–Crippen LogP) is 4.01. The second-order valence-corrected chi connectivity index (χ2v) is 5.12. The first-order valence-electron chi connectivity index (χ1n) is 7.38. The summed E-state index contributed by atoms with van der Waals surface area (Å²) in [6.07, 6.45) is 1.85. The van der Waals surface area contributed by atoms with E-state index in [1.807, 2.05) is 11.8 Å². The standard InChI is InChI=1S/C16H24ClNO3/c1-5-8-18(9-6-2)16(19)12-10-13(17)15(21-7-3)14(11-12)20-4/h10-11H,5-9H2,1-4H3. The van der Waals surface area contributed by atoms with E-state index in [9.17, 15) is 4.79 Å². The van der Waals surface area contributed by atoms with E-state index in [4.69, 9.17) is 21.1 Å².